The van der Waals surface area contributed by atoms with Crippen LogP contribution in [0.15, 0.2) is 48.5 Å². The second-order valence-electron chi connectivity index (χ2n) is 7.39. The van der Waals surface area contributed by atoms with Crippen molar-refractivity contribution in [3.05, 3.63) is 59.7 Å². The summed E-state index contributed by atoms with van der Waals surface area (Å²) in [7, 11) is -3.47. The number of carboxylic acids is 1. The highest BCUT2D eigenvalue weighted by molar-refractivity contribution is 7.88. The molecule has 0 unspecified atom stereocenters. The lowest BCUT2D eigenvalue weighted by Crippen LogP contribution is -2.30. The largest absolute Gasteiger partial charge is 0.481 e. The zero-order valence-electron chi connectivity index (χ0n) is 17.2. The third-order valence-electron chi connectivity index (χ3n) is 4.87. The normalized spacial score (nSPS) is 12.3. The minimum absolute atomic E-state index is 0.0721. The summed E-state index contributed by atoms with van der Waals surface area (Å²) >= 11 is 0. The molecule has 0 aliphatic heterocycles. The van der Waals surface area contributed by atoms with Crippen molar-refractivity contribution in [2.24, 2.45) is 0 Å². The van der Waals surface area contributed by atoms with Gasteiger partial charge in [-0.3, -0.25) is 4.79 Å². The van der Waals surface area contributed by atoms with Crippen LogP contribution in [-0.2, 0) is 27.5 Å². The van der Waals surface area contributed by atoms with Crippen molar-refractivity contribution in [1.82, 2.24) is 4.31 Å². The molecule has 9 heteroatoms. The number of carbonyl (C=O) groups is 1. The maximum absolute atomic E-state index is 13.2. The standard InChI is InChI=1S/C22H26F3NO4S/c1-31(29,30)26(15-7-3-2-4-10-21(27)28)16-17-11-13-18(14-12-17)19-8-5-6-9-20(19)22(23,24)25/h5-6,8-9,11-14H,2-4,7,10,15-16H2,1H3,(H,27,28). The fraction of sp³-hybridized carbons (Fsp3) is 0.409. The van der Waals surface area contributed by atoms with E-state index in [-0.39, 0.29) is 18.5 Å². The van der Waals surface area contributed by atoms with Crippen LogP contribution in [-0.4, -0.2) is 36.6 Å². The molecule has 0 radical (unpaired) electrons. The lowest BCUT2D eigenvalue weighted by atomic mass is 9.98. The Hall–Kier alpha value is -2.39. The minimum Gasteiger partial charge on any atom is -0.481 e. The number of hydrogen-bond donors (Lipinski definition) is 1. The summed E-state index contributed by atoms with van der Waals surface area (Å²) in [5.74, 6) is -0.848. The Balaban J connectivity index is 2.05. The van der Waals surface area contributed by atoms with Crippen molar-refractivity contribution in [1.29, 1.82) is 0 Å². The number of unbranched alkanes of at least 4 members (excludes halogenated alkanes) is 3. The molecule has 5 nitrogen and oxygen atoms in total. The Morgan fingerprint density at radius 1 is 0.968 bits per heavy atom. The molecule has 0 atom stereocenters. The SMILES string of the molecule is CS(=O)(=O)N(CCCCCCC(=O)O)Cc1ccc(-c2ccccc2C(F)(F)F)cc1. The van der Waals surface area contributed by atoms with E-state index in [0.29, 0.717) is 43.4 Å². The van der Waals surface area contributed by atoms with Gasteiger partial charge < -0.3 is 5.11 Å². The molecule has 0 aromatic heterocycles. The predicted octanol–water partition coefficient (Wildman–Crippen LogP) is 5.17. The molecule has 0 bridgehead atoms. The zero-order chi connectivity index (χ0) is 23.1. The molecule has 2 aromatic carbocycles. The maximum atomic E-state index is 13.2. The molecule has 170 valence electrons. The smallest absolute Gasteiger partial charge is 0.417 e. The van der Waals surface area contributed by atoms with Gasteiger partial charge in [0, 0.05) is 19.5 Å². The van der Waals surface area contributed by atoms with E-state index in [9.17, 15) is 26.4 Å². The van der Waals surface area contributed by atoms with Crippen LogP contribution in [0.5, 0.6) is 0 Å². The Morgan fingerprint density at radius 3 is 2.16 bits per heavy atom. The van der Waals surface area contributed by atoms with E-state index in [1.165, 1.54) is 16.4 Å². The molecule has 31 heavy (non-hydrogen) atoms. The molecule has 0 fully saturated rings. The number of nitrogens with zero attached hydrogens (tertiary/aromatic N) is 1. The van der Waals surface area contributed by atoms with E-state index in [0.717, 1.165) is 12.3 Å². The first kappa shape index (κ1) is 24.9. The first-order valence-corrected chi connectivity index (χ1v) is 11.8. The highest BCUT2D eigenvalue weighted by Gasteiger charge is 2.33. The summed E-state index contributed by atoms with van der Waals surface area (Å²) in [6.45, 7) is 0.416. The molecule has 1 N–H and O–H groups in total. The summed E-state index contributed by atoms with van der Waals surface area (Å²) < 4.78 is 65.3. The van der Waals surface area contributed by atoms with E-state index in [1.807, 2.05) is 0 Å². The van der Waals surface area contributed by atoms with E-state index in [2.05, 4.69) is 0 Å². The molecule has 0 saturated carbocycles. The number of benzene rings is 2. The van der Waals surface area contributed by atoms with Gasteiger partial charge in [0.15, 0.2) is 0 Å². The summed E-state index contributed by atoms with van der Waals surface area (Å²) in [5.41, 5.74) is 0.428. The van der Waals surface area contributed by atoms with Crippen LogP contribution >= 0.6 is 0 Å². The lowest BCUT2D eigenvalue weighted by Gasteiger charge is -2.20. The molecule has 0 aliphatic carbocycles. The second kappa shape index (κ2) is 10.8. The van der Waals surface area contributed by atoms with Crippen LogP contribution < -0.4 is 0 Å². The maximum Gasteiger partial charge on any atom is 0.417 e. The highest BCUT2D eigenvalue weighted by atomic mass is 32.2. The highest BCUT2D eigenvalue weighted by Crippen LogP contribution is 2.36. The number of carboxylic acid groups (broad SMARTS) is 1. The second-order valence-corrected chi connectivity index (χ2v) is 9.38. The summed E-state index contributed by atoms with van der Waals surface area (Å²) in [6, 6.07) is 11.7. The first-order chi connectivity index (χ1) is 14.5. The number of alkyl halides is 3. The fourth-order valence-corrected chi connectivity index (χ4v) is 4.10. The first-order valence-electron chi connectivity index (χ1n) is 9.91. The molecule has 0 saturated heterocycles. The Labute approximate surface area is 180 Å². The Kier molecular flexibility index (Phi) is 8.64. The number of rotatable bonds is 11. The molecule has 2 aromatic rings. The van der Waals surface area contributed by atoms with Gasteiger partial charge >= 0.3 is 12.1 Å². The van der Waals surface area contributed by atoms with Gasteiger partial charge in [-0.15, -0.1) is 0 Å². The van der Waals surface area contributed by atoms with E-state index < -0.39 is 27.7 Å². The van der Waals surface area contributed by atoms with Crippen molar-refractivity contribution >= 4 is 16.0 Å². The molecular weight excluding hydrogens is 431 g/mol. The topological polar surface area (TPSA) is 74.7 Å². The number of aliphatic carboxylic acids is 1. The monoisotopic (exact) mass is 457 g/mol. The van der Waals surface area contributed by atoms with Crippen LogP contribution in [0.25, 0.3) is 11.1 Å². The van der Waals surface area contributed by atoms with Crippen LogP contribution in [0.2, 0.25) is 0 Å². The van der Waals surface area contributed by atoms with Crippen molar-refractivity contribution in [2.75, 3.05) is 12.8 Å². The van der Waals surface area contributed by atoms with Crippen LogP contribution in [0.4, 0.5) is 13.2 Å². The molecular formula is C22H26F3NO4S. The number of halogens is 3. The third-order valence-corrected chi connectivity index (χ3v) is 6.12. The number of hydrogen-bond acceptors (Lipinski definition) is 3. The molecule has 0 heterocycles. The van der Waals surface area contributed by atoms with Crippen molar-refractivity contribution in [3.63, 3.8) is 0 Å². The summed E-state index contributed by atoms with van der Waals surface area (Å²) in [4.78, 5) is 10.5. The lowest BCUT2D eigenvalue weighted by molar-refractivity contribution is -0.138. The summed E-state index contributed by atoms with van der Waals surface area (Å²) in [5, 5.41) is 8.63. The van der Waals surface area contributed by atoms with Gasteiger partial charge in [0.05, 0.1) is 11.8 Å². The molecule has 0 amide bonds. The van der Waals surface area contributed by atoms with Gasteiger partial charge in [0.25, 0.3) is 0 Å². The van der Waals surface area contributed by atoms with Crippen molar-refractivity contribution in [3.8, 4) is 11.1 Å². The average Bonchev–Trinajstić information content (AvgIpc) is 2.68. The third kappa shape index (κ3) is 7.99. The summed E-state index contributed by atoms with van der Waals surface area (Å²) in [6.07, 6.45) is -0.680. The van der Waals surface area contributed by atoms with E-state index >= 15 is 0 Å². The van der Waals surface area contributed by atoms with E-state index in [4.69, 9.17) is 5.11 Å². The fourth-order valence-electron chi connectivity index (χ4n) is 3.26. The average molecular weight is 458 g/mol. The van der Waals surface area contributed by atoms with E-state index in [1.54, 1.807) is 30.3 Å². The minimum atomic E-state index is -4.47. The van der Waals surface area contributed by atoms with Crippen molar-refractivity contribution < 1.29 is 31.5 Å². The van der Waals surface area contributed by atoms with Gasteiger partial charge in [-0.1, -0.05) is 55.3 Å². The van der Waals surface area contributed by atoms with Crippen LogP contribution in [0.1, 0.15) is 43.2 Å². The quantitative estimate of drug-likeness (QED) is 0.473. The van der Waals surface area contributed by atoms with Gasteiger partial charge in [-0.2, -0.15) is 17.5 Å². The molecule has 2 rings (SSSR count). The van der Waals surface area contributed by atoms with Crippen LogP contribution in [0.3, 0.4) is 0 Å². The Bertz CT molecular complexity index is 973. The van der Waals surface area contributed by atoms with Gasteiger partial charge in [0.1, 0.15) is 0 Å². The van der Waals surface area contributed by atoms with Gasteiger partial charge in [-0.05, 0) is 35.6 Å². The number of sulfonamides is 1. The van der Waals surface area contributed by atoms with Crippen molar-refractivity contribution in [2.45, 2.75) is 44.8 Å². The molecule has 0 spiro atoms. The zero-order valence-corrected chi connectivity index (χ0v) is 18.0. The predicted molar refractivity (Wildman–Crippen MR) is 113 cm³/mol. The van der Waals surface area contributed by atoms with Gasteiger partial charge in [0.2, 0.25) is 10.0 Å². The molecule has 0 aliphatic rings. The van der Waals surface area contributed by atoms with Crippen LogP contribution in [0, 0.1) is 0 Å². The van der Waals surface area contributed by atoms with Gasteiger partial charge in [-0.25, -0.2) is 8.42 Å². The Morgan fingerprint density at radius 2 is 1.58 bits per heavy atom.